The minimum atomic E-state index is -0.0343. The number of halogens is 1. The largest absolute Gasteiger partial charge is 0.458 e. The van der Waals surface area contributed by atoms with E-state index in [9.17, 15) is 4.79 Å². The quantitative estimate of drug-likeness (QED) is 0.811. The fourth-order valence-electron chi connectivity index (χ4n) is 1.41. The Morgan fingerprint density at radius 3 is 2.88 bits per heavy atom. The second-order valence-electron chi connectivity index (χ2n) is 3.52. The molecule has 2 aromatic heterocycles. The van der Waals surface area contributed by atoms with Crippen LogP contribution in [-0.2, 0) is 6.42 Å². The maximum atomic E-state index is 11.8. The molecule has 0 bridgehead atoms. The molecule has 0 amide bonds. The smallest absolute Gasteiger partial charge is 0.202 e. The van der Waals surface area contributed by atoms with E-state index in [1.54, 1.807) is 24.5 Å². The lowest BCUT2D eigenvalue weighted by Crippen LogP contribution is -2.02. The summed E-state index contributed by atoms with van der Waals surface area (Å²) in [6.45, 7) is 1.82. The zero-order valence-corrected chi connectivity index (χ0v) is 10.3. The summed E-state index contributed by atoms with van der Waals surface area (Å²) in [5, 5.41) is 0. The number of nitrogens with zero attached hydrogens (tertiary/aromatic N) is 1. The van der Waals surface area contributed by atoms with Crippen molar-refractivity contribution in [2.45, 2.75) is 13.3 Å². The highest BCUT2D eigenvalue weighted by molar-refractivity contribution is 9.10. The van der Waals surface area contributed by atoms with Gasteiger partial charge in [0.1, 0.15) is 5.76 Å². The molecule has 0 spiro atoms. The van der Waals surface area contributed by atoms with Crippen molar-refractivity contribution >= 4 is 21.7 Å². The summed E-state index contributed by atoms with van der Waals surface area (Å²) in [5.74, 6) is 1.11. The number of Topliss-reactive ketones (excluding diaryl/α,β-unsaturated/α-hetero) is 1. The first-order valence-corrected chi connectivity index (χ1v) is 5.63. The molecular formula is C12H10BrNO2. The lowest BCUT2D eigenvalue weighted by atomic mass is 10.1. The Bertz CT molecular complexity index is 519. The molecule has 2 heterocycles. The van der Waals surface area contributed by atoms with E-state index in [2.05, 4.69) is 20.9 Å². The van der Waals surface area contributed by atoms with Crippen LogP contribution in [0, 0.1) is 6.92 Å². The molecule has 0 fully saturated rings. The summed E-state index contributed by atoms with van der Waals surface area (Å²) in [6, 6.07) is 5.36. The fourth-order valence-corrected chi connectivity index (χ4v) is 1.82. The molecule has 4 heteroatoms. The van der Waals surface area contributed by atoms with Crippen molar-refractivity contribution in [2.24, 2.45) is 0 Å². The SMILES string of the molecule is Cc1ccc(C(=O)Cc2cncc(Br)c2)o1. The van der Waals surface area contributed by atoms with Gasteiger partial charge in [-0.15, -0.1) is 0 Å². The van der Waals surface area contributed by atoms with E-state index < -0.39 is 0 Å². The van der Waals surface area contributed by atoms with Gasteiger partial charge >= 0.3 is 0 Å². The molecule has 0 atom stereocenters. The molecule has 0 aromatic carbocycles. The zero-order valence-electron chi connectivity index (χ0n) is 8.74. The normalized spacial score (nSPS) is 10.4. The van der Waals surface area contributed by atoms with Gasteiger partial charge in [0.25, 0.3) is 0 Å². The molecule has 2 aromatic rings. The topological polar surface area (TPSA) is 43.1 Å². The number of ketones is 1. The molecule has 0 unspecified atom stereocenters. The molecule has 0 saturated heterocycles. The van der Waals surface area contributed by atoms with Gasteiger partial charge in [0.05, 0.1) is 0 Å². The van der Waals surface area contributed by atoms with E-state index in [0.29, 0.717) is 12.2 Å². The minimum Gasteiger partial charge on any atom is -0.458 e. The second-order valence-corrected chi connectivity index (χ2v) is 4.44. The number of carbonyl (C=O) groups excluding carboxylic acids is 1. The van der Waals surface area contributed by atoms with Crippen molar-refractivity contribution < 1.29 is 9.21 Å². The predicted molar refractivity (Wildman–Crippen MR) is 63.4 cm³/mol. The van der Waals surface area contributed by atoms with Crippen LogP contribution in [0.2, 0.25) is 0 Å². The van der Waals surface area contributed by atoms with E-state index in [1.807, 2.05) is 13.0 Å². The van der Waals surface area contributed by atoms with Crippen molar-refractivity contribution in [2.75, 3.05) is 0 Å². The fraction of sp³-hybridized carbons (Fsp3) is 0.167. The van der Waals surface area contributed by atoms with Crippen LogP contribution >= 0.6 is 15.9 Å². The Kier molecular flexibility index (Phi) is 3.19. The molecule has 0 aliphatic carbocycles. The molecule has 0 aliphatic rings. The van der Waals surface area contributed by atoms with Gasteiger partial charge in [0.15, 0.2) is 5.76 Å². The van der Waals surface area contributed by atoms with Crippen LogP contribution in [0.25, 0.3) is 0 Å². The number of carbonyl (C=O) groups is 1. The van der Waals surface area contributed by atoms with Gasteiger partial charge in [-0.1, -0.05) is 0 Å². The van der Waals surface area contributed by atoms with Crippen molar-refractivity contribution in [1.82, 2.24) is 4.98 Å². The number of pyridine rings is 1. The van der Waals surface area contributed by atoms with Crippen LogP contribution in [-0.4, -0.2) is 10.8 Å². The van der Waals surface area contributed by atoms with Crippen LogP contribution in [0.15, 0.2) is 39.5 Å². The van der Waals surface area contributed by atoms with Crippen LogP contribution < -0.4 is 0 Å². The average Bonchev–Trinajstić information content (AvgIpc) is 2.65. The maximum Gasteiger partial charge on any atom is 0.202 e. The average molecular weight is 280 g/mol. The van der Waals surface area contributed by atoms with Crippen molar-refractivity contribution in [1.29, 1.82) is 0 Å². The molecule has 2 rings (SSSR count). The molecular weight excluding hydrogens is 270 g/mol. The number of furan rings is 1. The first-order valence-electron chi connectivity index (χ1n) is 4.84. The van der Waals surface area contributed by atoms with Crippen LogP contribution in [0.4, 0.5) is 0 Å². The van der Waals surface area contributed by atoms with Gasteiger partial charge in [-0.3, -0.25) is 9.78 Å². The first-order chi connectivity index (χ1) is 7.65. The predicted octanol–water partition coefficient (Wildman–Crippen LogP) is 3.17. The van der Waals surface area contributed by atoms with Gasteiger partial charge in [-0.25, -0.2) is 0 Å². The number of aryl methyl sites for hydroxylation is 1. The molecule has 0 aliphatic heterocycles. The summed E-state index contributed by atoms with van der Waals surface area (Å²) < 4.78 is 6.13. The first kappa shape index (κ1) is 11.1. The molecule has 82 valence electrons. The van der Waals surface area contributed by atoms with E-state index in [-0.39, 0.29) is 5.78 Å². The number of hydrogen-bond acceptors (Lipinski definition) is 3. The summed E-state index contributed by atoms with van der Waals surface area (Å²) in [5.41, 5.74) is 0.869. The van der Waals surface area contributed by atoms with E-state index in [0.717, 1.165) is 15.8 Å². The molecule has 3 nitrogen and oxygen atoms in total. The summed E-state index contributed by atoms with van der Waals surface area (Å²) in [7, 11) is 0. The monoisotopic (exact) mass is 279 g/mol. The third-order valence-corrected chi connectivity index (χ3v) is 2.58. The van der Waals surface area contributed by atoms with Gasteiger partial charge in [-0.2, -0.15) is 0 Å². The van der Waals surface area contributed by atoms with Crippen LogP contribution in [0.5, 0.6) is 0 Å². The Morgan fingerprint density at radius 2 is 2.25 bits per heavy atom. The Labute approximate surface area is 102 Å². The lowest BCUT2D eigenvalue weighted by Gasteiger charge is -1.98. The van der Waals surface area contributed by atoms with Gasteiger partial charge < -0.3 is 4.42 Å². The third kappa shape index (κ3) is 2.58. The lowest BCUT2D eigenvalue weighted by molar-refractivity contribution is 0.0965. The molecule has 0 N–H and O–H groups in total. The van der Waals surface area contributed by atoms with E-state index >= 15 is 0 Å². The third-order valence-electron chi connectivity index (χ3n) is 2.14. The highest BCUT2D eigenvalue weighted by Crippen LogP contribution is 2.13. The standard InChI is InChI=1S/C12H10BrNO2/c1-8-2-3-12(16-8)11(15)5-9-4-10(13)7-14-6-9/h2-4,6-7H,5H2,1H3. The van der Waals surface area contributed by atoms with Crippen molar-refractivity contribution in [3.63, 3.8) is 0 Å². The van der Waals surface area contributed by atoms with Gasteiger partial charge in [-0.05, 0) is 46.6 Å². The van der Waals surface area contributed by atoms with E-state index in [1.165, 1.54) is 0 Å². The van der Waals surface area contributed by atoms with Crippen molar-refractivity contribution in [3.05, 3.63) is 52.1 Å². The Hall–Kier alpha value is -1.42. The number of hydrogen-bond donors (Lipinski definition) is 0. The maximum absolute atomic E-state index is 11.8. The highest BCUT2D eigenvalue weighted by Gasteiger charge is 2.11. The Morgan fingerprint density at radius 1 is 1.44 bits per heavy atom. The van der Waals surface area contributed by atoms with E-state index in [4.69, 9.17) is 4.42 Å². The summed E-state index contributed by atoms with van der Waals surface area (Å²) in [6.07, 6.45) is 3.67. The Balaban J connectivity index is 2.13. The summed E-state index contributed by atoms with van der Waals surface area (Å²) >= 11 is 3.32. The van der Waals surface area contributed by atoms with Crippen LogP contribution in [0.3, 0.4) is 0 Å². The van der Waals surface area contributed by atoms with Gasteiger partial charge in [0, 0.05) is 23.3 Å². The van der Waals surface area contributed by atoms with Gasteiger partial charge in [0.2, 0.25) is 5.78 Å². The minimum absolute atomic E-state index is 0.0343. The molecule has 0 radical (unpaired) electrons. The van der Waals surface area contributed by atoms with Crippen LogP contribution in [0.1, 0.15) is 21.9 Å². The number of aromatic nitrogens is 1. The molecule has 16 heavy (non-hydrogen) atoms. The summed E-state index contributed by atoms with van der Waals surface area (Å²) in [4.78, 5) is 15.8. The number of rotatable bonds is 3. The highest BCUT2D eigenvalue weighted by atomic mass is 79.9. The zero-order chi connectivity index (χ0) is 11.5. The second kappa shape index (κ2) is 4.61. The molecule has 0 saturated carbocycles. The van der Waals surface area contributed by atoms with Crippen molar-refractivity contribution in [3.8, 4) is 0 Å².